The van der Waals surface area contributed by atoms with Crippen molar-refractivity contribution in [2.75, 3.05) is 55.4 Å². The second-order valence-electron chi connectivity index (χ2n) is 7.06. The van der Waals surface area contributed by atoms with Gasteiger partial charge in [0.05, 0.1) is 12.8 Å². The molecule has 0 unspecified atom stereocenters. The molecular weight excluding hydrogens is 368 g/mol. The summed E-state index contributed by atoms with van der Waals surface area (Å²) in [5, 5.41) is 5.61. The van der Waals surface area contributed by atoms with Gasteiger partial charge in [-0.25, -0.2) is 0 Å². The fraction of sp³-hybridized carbons (Fsp3) is 0.364. The topological polar surface area (TPSA) is 73.9 Å². The number of methoxy groups -OCH3 is 1. The van der Waals surface area contributed by atoms with Gasteiger partial charge in [0.15, 0.2) is 0 Å². The van der Waals surface area contributed by atoms with Gasteiger partial charge in [-0.2, -0.15) is 0 Å². The number of hydrogen-bond acceptors (Lipinski definition) is 5. The van der Waals surface area contributed by atoms with Crippen molar-refractivity contribution in [3.8, 4) is 5.75 Å². The lowest BCUT2D eigenvalue weighted by molar-refractivity contribution is -0.116. The van der Waals surface area contributed by atoms with Crippen LogP contribution in [-0.4, -0.2) is 56.5 Å². The number of hydrogen-bond donors (Lipinski definition) is 2. The molecule has 0 aliphatic carbocycles. The molecule has 0 atom stereocenters. The van der Waals surface area contributed by atoms with Crippen LogP contribution in [0.1, 0.15) is 13.3 Å². The van der Waals surface area contributed by atoms with Crippen LogP contribution >= 0.6 is 0 Å². The van der Waals surface area contributed by atoms with Crippen LogP contribution < -0.4 is 20.3 Å². The number of carbonyl (C=O) groups is 2. The monoisotopic (exact) mass is 396 g/mol. The molecule has 0 bridgehead atoms. The summed E-state index contributed by atoms with van der Waals surface area (Å²) in [7, 11) is 1.70. The summed E-state index contributed by atoms with van der Waals surface area (Å²) in [6, 6.07) is 15.2. The van der Waals surface area contributed by atoms with Crippen LogP contribution in [0.25, 0.3) is 0 Å². The molecule has 2 aromatic carbocycles. The average Bonchev–Trinajstić information content (AvgIpc) is 2.73. The minimum Gasteiger partial charge on any atom is -0.495 e. The number of amides is 2. The molecule has 29 heavy (non-hydrogen) atoms. The molecule has 0 radical (unpaired) electrons. The van der Waals surface area contributed by atoms with Crippen LogP contribution in [0.4, 0.5) is 17.1 Å². The van der Waals surface area contributed by atoms with E-state index in [1.165, 1.54) is 6.92 Å². The third-order valence-corrected chi connectivity index (χ3v) is 4.94. The molecule has 154 valence electrons. The van der Waals surface area contributed by atoms with Gasteiger partial charge in [-0.1, -0.05) is 12.1 Å². The molecule has 2 amide bonds. The highest BCUT2D eigenvalue weighted by atomic mass is 16.5. The number of ether oxygens (including phenoxy) is 1. The maximum Gasteiger partial charge on any atom is 0.225 e. The highest BCUT2D eigenvalue weighted by Gasteiger charge is 2.19. The third-order valence-electron chi connectivity index (χ3n) is 4.94. The quantitative estimate of drug-likeness (QED) is 0.753. The number of nitrogens with zero attached hydrogens (tertiary/aromatic N) is 2. The summed E-state index contributed by atoms with van der Waals surface area (Å²) in [6.07, 6.45) is 0.447. The van der Waals surface area contributed by atoms with Crippen LogP contribution in [0.5, 0.6) is 5.75 Å². The van der Waals surface area contributed by atoms with Crippen LogP contribution in [0.15, 0.2) is 48.5 Å². The standard InChI is InChI=1S/C22H28N4O3/c1-17(27)23-18-7-9-19(10-8-18)24-22(28)11-12-25-13-15-26(16-14-25)20-5-3-4-6-21(20)29-2/h3-10H,11-16H2,1-2H3,(H,23,27)(H,24,28). The van der Waals surface area contributed by atoms with Gasteiger partial charge in [0.2, 0.25) is 11.8 Å². The Labute approximate surface area is 171 Å². The molecule has 1 fully saturated rings. The van der Waals surface area contributed by atoms with Crippen molar-refractivity contribution in [1.82, 2.24) is 4.90 Å². The maximum absolute atomic E-state index is 12.3. The predicted octanol–water partition coefficient (Wildman–Crippen LogP) is 2.80. The number of para-hydroxylation sites is 2. The molecule has 0 aromatic heterocycles. The number of rotatable bonds is 7. The second kappa shape index (κ2) is 9.93. The molecule has 1 heterocycles. The molecule has 1 aliphatic rings. The van der Waals surface area contributed by atoms with Crippen LogP contribution in [0.2, 0.25) is 0 Å². The summed E-state index contributed by atoms with van der Waals surface area (Å²) in [4.78, 5) is 27.9. The summed E-state index contributed by atoms with van der Waals surface area (Å²) >= 11 is 0. The summed E-state index contributed by atoms with van der Waals surface area (Å²) in [5.41, 5.74) is 2.56. The van der Waals surface area contributed by atoms with Crippen LogP contribution in [0, 0.1) is 0 Å². The molecule has 7 nitrogen and oxygen atoms in total. The number of carbonyl (C=O) groups excluding carboxylic acids is 2. The molecule has 0 spiro atoms. The Morgan fingerprint density at radius 2 is 1.55 bits per heavy atom. The fourth-order valence-electron chi connectivity index (χ4n) is 3.43. The Bertz CT molecular complexity index is 830. The third kappa shape index (κ3) is 5.96. The number of benzene rings is 2. The summed E-state index contributed by atoms with van der Waals surface area (Å²) in [5.74, 6) is 0.766. The van der Waals surface area contributed by atoms with Crippen molar-refractivity contribution in [1.29, 1.82) is 0 Å². The molecule has 2 aromatic rings. The first-order chi connectivity index (χ1) is 14.0. The van der Waals surface area contributed by atoms with E-state index in [9.17, 15) is 9.59 Å². The van der Waals surface area contributed by atoms with Crippen LogP contribution in [0.3, 0.4) is 0 Å². The van der Waals surface area contributed by atoms with E-state index < -0.39 is 0 Å². The van der Waals surface area contributed by atoms with E-state index >= 15 is 0 Å². The first kappa shape index (κ1) is 20.7. The van der Waals surface area contributed by atoms with Gasteiger partial charge in [-0.15, -0.1) is 0 Å². The SMILES string of the molecule is COc1ccccc1N1CCN(CCC(=O)Nc2ccc(NC(C)=O)cc2)CC1. The Morgan fingerprint density at radius 3 is 2.17 bits per heavy atom. The predicted molar refractivity (Wildman–Crippen MR) is 116 cm³/mol. The Kier molecular flexibility index (Phi) is 7.08. The average molecular weight is 396 g/mol. The Morgan fingerprint density at radius 1 is 0.931 bits per heavy atom. The molecule has 1 aliphatic heterocycles. The van der Waals surface area contributed by atoms with Crippen molar-refractivity contribution in [2.24, 2.45) is 0 Å². The highest BCUT2D eigenvalue weighted by Crippen LogP contribution is 2.28. The minimum absolute atomic E-state index is 0.00978. The van der Waals surface area contributed by atoms with E-state index in [0.717, 1.165) is 49.8 Å². The molecule has 2 N–H and O–H groups in total. The van der Waals surface area contributed by atoms with Gasteiger partial charge in [-0.05, 0) is 36.4 Å². The smallest absolute Gasteiger partial charge is 0.225 e. The van der Waals surface area contributed by atoms with Gasteiger partial charge in [0, 0.05) is 57.4 Å². The molecular formula is C22H28N4O3. The van der Waals surface area contributed by atoms with Gasteiger partial charge in [0.1, 0.15) is 5.75 Å². The zero-order valence-corrected chi connectivity index (χ0v) is 17.0. The summed E-state index contributed by atoms with van der Waals surface area (Å²) in [6.45, 7) is 5.84. The molecule has 3 rings (SSSR count). The van der Waals surface area contributed by atoms with Crippen LogP contribution in [-0.2, 0) is 9.59 Å². The van der Waals surface area contributed by atoms with Gasteiger partial charge in [-0.3, -0.25) is 14.5 Å². The first-order valence-corrected chi connectivity index (χ1v) is 9.83. The lowest BCUT2D eigenvalue weighted by Crippen LogP contribution is -2.47. The lowest BCUT2D eigenvalue weighted by Gasteiger charge is -2.36. The van der Waals surface area contributed by atoms with Crippen molar-refractivity contribution in [2.45, 2.75) is 13.3 Å². The van der Waals surface area contributed by atoms with Crippen molar-refractivity contribution < 1.29 is 14.3 Å². The van der Waals surface area contributed by atoms with E-state index in [-0.39, 0.29) is 11.8 Å². The largest absolute Gasteiger partial charge is 0.495 e. The van der Waals surface area contributed by atoms with E-state index in [1.54, 1.807) is 31.4 Å². The van der Waals surface area contributed by atoms with Crippen molar-refractivity contribution >= 4 is 28.9 Å². The van der Waals surface area contributed by atoms with Crippen molar-refractivity contribution in [3.05, 3.63) is 48.5 Å². The molecule has 7 heteroatoms. The van der Waals surface area contributed by atoms with E-state index in [2.05, 4.69) is 26.5 Å². The number of piperazine rings is 1. The maximum atomic E-state index is 12.3. The zero-order valence-electron chi connectivity index (χ0n) is 17.0. The minimum atomic E-state index is -0.118. The van der Waals surface area contributed by atoms with Gasteiger partial charge in [0.25, 0.3) is 0 Å². The van der Waals surface area contributed by atoms with Gasteiger partial charge >= 0.3 is 0 Å². The van der Waals surface area contributed by atoms with Gasteiger partial charge < -0.3 is 20.3 Å². The van der Waals surface area contributed by atoms with E-state index in [1.807, 2.05) is 18.2 Å². The lowest BCUT2D eigenvalue weighted by atomic mass is 10.2. The first-order valence-electron chi connectivity index (χ1n) is 9.83. The fourth-order valence-corrected chi connectivity index (χ4v) is 3.43. The summed E-state index contributed by atoms with van der Waals surface area (Å²) < 4.78 is 5.46. The normalized spacial score (nSPS) is 14.3. The second-order valence-corrected chi connectivity index (χ2v) is 7.06. The van der Waals surface area contributed by atoms with E-state index in [4.69, 9.17) is 4.74 Å². The molecule has 0 saturated carbocycles. The Hall–Kier alpha value is -3.06. The highest BCUT2D eigenvalue weighted by molar-refractivity contribution is 5.92. The molecule has 1 saturated heterocycles. The number of nitrogens with one attached hydrogen (secondary N) is 2. The van der Waals surface area contributed by atoms with E-state index in [0.29, 0.717) is 12.1 Å². The Balaban J connectivity index is 1.42. The zero-order chi connectivity index (χ0) is 20.6. The van der Waals surface area contributed by atoms with Crippen molar-refractivity contribution in [3.63, 3.8) is 0 Å². The number of anilines is 3.